The van der Waals surface area contributed by atoms with E-state index >= 15 is 0 Å². The third-order valence-electron chi connectivity index (χ3n) is 5.42. The Morgan fingerprint density at radius 1 is 0.897 bits per heavy atom. The number of amides is 1. The van der Waals surface area contributed by atoms with Gasteiger partial charge in [-0.2, -0.15) is 0 Å². The maximum atomic E-state index is 13.2. The number of hydrogen-bond donors (Lipinski definition) is 1. The third kappa shape index (κ3) is 3.23. The van der Waals surface area contributed by atoms with Crippen LogP contribution in [0.5, 0.6) is 11.5 Å². The molecule has 1 heterocycles. The molecule has 1 N–H and O–H groups in total. The zero-order valence-corrected chi connectivity index (χ0v) is 16.5. The molecular weight excluding hydrogens is 366 g/mol. The van der Waals surface area contributed by atoms with Crippen LogP contribution in [0.15, 0.2) is 72.8 Å². The zero-order chi connectivity index (χ0) is 20.4. The number of fused-ring (bicyclic) bond motifs is 1. The van der Waals surface area contributed by atoms with Crippen molar-refractivity contribution in [2.75, 3.05) is 20.8 Å². The lowest BCUT2D eigenvalue weighted by molar-refractivity contribution is -0.0493. The predicted molar refractivity (Wildman–Crippen MR) is 110 cm³/mol. The van der Waals surface area contributed by atoms with Gasteiger partial charge in [0.05, 0.1) is 14.2 Å². The second-order valence-electron chi connectivity index (χ2n) is 7.00. The molecule has 3 aromatic carbocycles. The van der Waals surface area contributed by atoms with Crippen LogP contribution in [0, 0.1) is 0 Å². The van der Waals surface area contributed by atoms with Crippen LogP contribution in [0.2, 0.25) is 0 Å². The first-order valence-corrected chi connectivity index (χ1v) is 9.49. The molecule has 1 unspecified atom stereocenters. The molecule has 0 bridgehead atoms. The minimum absolute atomic E-state index is 0.179. The molecule has 5 heteroatoms. The Morgan fingerprint density at radius 3 is 2.34 bits per heavy atom. The molecule has 1 aliphatic rings. The summed E-state index contributed by atoms with van der Waals surface area (Å²) in [6.45, 7) is 0.364. The molecule has 0 radical (unpaired) electrons. The third-order valence-corrected chi connectivity index (χ3v) is 5.42. The van der Waals surface area contributed by atoms with Gasteiger partial charge < -0.3 is 19.5 Å². The van der Waals surface area contributed by atoms with Crippen LogP contribution in [0.25, 0.3) is 0 Å². The lowest BCUT2D eigenvalue weighted by Crippen LogP contribution is -2.45. The van der Waals surface area contributed by atoms with E-state index in [0.717, 1.165) is 11.3 Å². The SMILES string of the molecule is COc1ccc(C2(O)c3ccccc3C(=O)N2CCc2cccc(OC)c2)cc1. The minimum atomic E-state index is -1.53. The van der Waals surface area contributed by atoms with E-state index in [9.17, 15) is 9.90 Å². The highest BCUT2D eigenvalue weighted by Crippen LogP contribution is 2.42. The van der Waals surface area contributed by atoms with Gasteiger partial charge in [0.1, 0.15) is 11.5 Å². The van der Waals surface area contributed by atoms with Crippen molar-refractivity contribution in [3.05, 3.63) is 95.1 Å². The first-order chi connectivity index (χ1) is 14.1. The van der Waals surface area contributed by atoms with Crippen molar-refractivity contribution in [1.82, 2.24) is 4.90 Å². The normalized spacial score (nSPS) is 17.9. The van der Waals surface area contributed by atoms with Crippen molar-refractivity contribution in [2.45, 2.75) is 12.1 Å². The lowest BCUT2D eigenvalue weighted by atomic mass is 9.93. The highest BCUT2D eigenvalue weighted by Gasteiger charge is 2.49. The molecule has 148 valence electrons. The van der Waals surface area contributed by atoms with Gasteiger partial charge in [0, 0.05) is 23.2 Å². The van der Waals surface area contributed by atoms with E-state index in [0.29, 0.717) is 35.4 Å². The van der Waals surface area contributed by atoms with Crippen LogP contribution in [-0.4, -0.2) is 36.7 Å². The predicted octanol–water partition coefficient (Wildman–Crippen LogP) is 3.60. The quantitative estimate of drug-likeness (QED) is 0.700. The van der Waals surface area contributed by atoms with E-state index in [2.05, 4.69) is 0 Å². The molecule has 1 aliphatic heterocycles. The molecule has 0 fully saturated rings. The van der Waals surface area contributed by atoms with Crippen LogP contribution in [-0.2, 0) is 12.1 Å². The van der Waals surface area contributed by atoms with E-state index in [1.54, 1.807) is 49.5 Å². The number of rotatable bonds is 6. The van der Waals surface area contributed by atoms with Crippen LogP contribution in [0.1, 0.15) is 27.0 Å². The fourth-order valence-electron chi connectivity index (χ4n) is 3.88. The number of carbonyl (C=O) groups is 1. The average molecular weight is 389 g/mol. The molecule has 0 spiro atoms. The first kappa shape index (κ1) is 19.0. The number of aliphatic hydroxyl groups is 1. The Bertz CT molecular complexity index is 1030. The van der Waals surface area contributed by atoms with Crippen molar-refractivity contribution in [3.8, 4) is 11.5 Å². The van der Waals surface area contributed by atoms with Gasteiger partial charge in [-0.3, -0.25) is 4.79 Å². The molecule has 3 aromatic rings. The number of carbonyl (C=O) groups excluding carboxylic acids is 1. The van der Waals surface area contributed by atoms with Gasteiger partial charge in [-0.15, -0.1) is 0 Å². The molecule has 0 saturated carbocycles. The summed E-state index contributed by atoms with van der Waals surface area (Å²) in [4.78, 5) is 14.7. The van der Waals surface area contributed by atoms with Crippen LogP contribution >= 0.6 is 0 Å². The smallest absolute Gasteiger partial charge is 0.257 e. The second-order valence-corrected chi connectivity index (χ2v) is 7.00. The fraction of sp³-hybridized carbons (Fsp3) is 0.208. The number of hydrogen-bond acceptors (Lipinski definition) is 4. The monoisotopic (exact) mass is 389 g/mol. The molecule has 0 saturated heterocycles. The van der Waals surface area contributed by atoms with Gasteiger partial charge in [0.15, 0.2) is 5.72 Å². The minimum Gasteiger partial charge on any atom is -0.497 e. The Kier molecular flexibility index (Phi) is 4.99. The Morgan fingerprint density at radius 2 is 1.62 bits per heavy atom. The summed E-state index contributed by atoms with van der Waals surface area (Å²) in [6, 6.07) is 22.1. The largest absolute Gasteiger partial charge is 0.497 e. The topological polar surface area (TPSA) is 59.0 Å². The fourth-order valence-corrected chi connectivity index (χ4v) is 3.88. The highest BCUT2D eigenvalue weighted by molar-refractivity contribution is 6.00. The summed E-state index contributed by atoms with van der Waals surface area (Å²) in [5.41, 5.74) is 1.25. The van der Waals surface area contributed by atoms with Crippen LogP contribution in [0.3, 0.4) is 0 Å². The Balaban J connectivity index is 1.71. The molecule has 1 atom stereocenters. The first-order valence-electron chi connectivity index (χ1n) is 9.49. The molecule has 0 aliphatic carbocycles. The molecule has 0 aromatic heterocycles. The summed E-state index contributed by atoms with van der Waals surface area (Å²) >= 11 is 0. The number of nitrogens with zero attached hydrogens (tertiary/aromatic N) is 1. The molecule has 5 nitrogen and oxygen atoms in total. The van der Waals surface area contributed by atoms with E-state index < -0.39 is 5.72 Å². The van der Waals surface area contributed by atoms with Gasteiger partial charge in [-0.25, -0.2) is 0 Å². The summed E-state index contributed by atoms with van der Waals surface area (Å²) in [6.07, 6.45) is 0.593. The lowest BCUT2D eigenvalue weighted by Gasteiger charge is -2.35. The molecular formula is C24H23NO4. The van der Waals surface area contributed by atoms with E-state index in [1.165, 1.54) is 0 Å². The second kappa shape index (κ2) is 7.60. The number of benzene rings is 3. The van der Waals surface area contributed by atoms with Gasteiger partial charge >= 0.3 is 0 Å². The summed E-state index contributed by atoms with van der Waals surface area (Å²) in [7, 11) is 3.22. The highest BCUT2D eigenvalue weighted by atomic mass is 16.5. The van der Waals surface area contributed by atoms with Crippen LogP contribution in [0.4, 0.5) is 0 Å². The maximum Gasteiger partial charge on any atom is 0.257 e. The van der Waals surface area contributed by atoms with Gasteiger partial charge in [0.2, 0.25) is 0 Å². The van der Waals surface area contributed by atoms with E-state index in [4.69, 9.17) is 9.47 Å². The standard InChI is InChI=1S/C24H23NO4/c1-28-19-12-10-18(11-13-19)24(27)22-9-4-3-8-21(22)23(26)25(24)15-14-17-6-5-7-20(16-17)29-2/h3-13,16,27H,14-15H2,1-2H3. The van der Waals surface area contributed by atoms with Gasteiger partial charge in [-0.05, 0) is 42.3 Å². The molecule has 4 rings (SSSR count). The van der Waals surface area contributed by atoms with Gasteiger partial charge in [0.25, 0.3) is 5.91 Å². The maximum absolute atomic E-state index is 13.2. The van der Waals surface area contributed by atoms with Crippen molar-refractivity contribution >= 4 is 5.91 Å². The Hall–Kier alpha value is -3.31. The number of methoxy groups -OCH3 is 2. The summed E-state index contributed by atoms with van der Waals surface area (Å²) < 4.78 is 10.5. The molecule has 29 heavy (non-hydrogen) atoms. The van der Waals surface area contributed by atoms with Crippen molar-refractivity contribution in [2.24, 2.45) is 0 Å². The summed E-state index contributed by atoms with van der Waals surface area (Å²) in [5, 5.41) is 11.8. The van der Waals surface area contributed by atoms with Crippen LogP contribution < -0.4 is 9.47 Å². The van der Waals surface area contributed by atoms with Gasteiger partial charge in [-0.1, -0.05) is 42.5 Å². The molecule has 1 amide bonds. The number of ether oxygens (including phenoxy) is 2. The van der Waals surface area contributed by atoms with Crippen molar-refractivity contribution < 1.29 is 19.4 Å². The van der Waals surface area contributed by atoms with Crippen molar-refractivity contribution in [1.29, 1.82) is 0 Å². The van der Waals surface area contributed by atoms with E-state index in [1.807, 2.05) is 42.5 Å². The summed E-state index contributed by atoms with van der Waals surface area (Å²) in [5.74, 6) is 1.28. The Labute approximate surface area is 170 Å². The average Bonchev–Trinajstić information content (AvgIpc) is 3.00. The zero-order valence-electron chi connectivity index (χ0n) is 16.5. The van der Waals surface area contributed by atoms with Crippen molar-refractivity contribution in [3.63, 3.8) is 0 Å². The van der Waals surface area contributed by atoms with E-state index in [-0.39, 0.29) is 5.91 Å².